The number of rotatable bonds is 5. The molecule has 1 amide bonds. The van der Waals surface area contributed by atoms with E-state index < -0.39 is 0 Å². The molecule has 33 heavy (non-hydrogen) atoms. The average Bonchev–Trinajstić information content (AvgIpc) is 3.22. The molecule has 0 unspecified atom stereocenters. The number of hydrogen-bond donors (Lipinski definition) is 1. The van der Waals surface area contributed by atoms with Crippen molar-refractivity contribution in [2.45, 2.75) is 51.5 Å². The van der Waals surface area contributed by atoms with Gasteiger partial charge in [-0.2, -0.15) is 0 Å². The van der Waals surface area contributed by atoms with Crippen molar-refractivity contribution >= 4 is 16.9 Å². The van der Waals surface area contributed by atoms with Crippen molar-refractivity contribution in [1.82, 2.24) is 24.8 Å². The molecule has 1 aliphatic rings. The van der Waals surface area contributed by atoms with Gasteiger partial charge in [0.25, 0.3) is 5.91 Å². The zero-order chi connectivity index (χ0) is 22.8. The predicted molar refractivity (Wildman–Crippen MR) is 130 cm³/mol. The van der Waals surface area contributed by atoms with Gasteiger partial charge in [-0.1, -0.05) is 25.3 Å². The third kappa shape index (κ3) is 4.65. The van der Waals surface area contributed by atoms with Crippen LogP contribution in [0.25, 0.3) is 22.3 Å². The van der Waals surface area contributed by atoms with Gasteiger partial charge >= 0.3 is 0 Å². The lowest BCUT2D eigenvalue weighted by Gasteiger charge is -2.22. The standard InChI is InChI=1S/C27H29N5O/c1-18-8-10-20(17-28-18)24-11-9-19(16-29-24)14-21-15-25(31-26-23(21)12-13-32(26)2)27(33)30-22-6-4-3-5-7-22/h8-13,15-17,22H,3-7,14H2,1-2H3,(H,30,33). The number of aryl methyl sites for hydroxylation is 2. The van der Waals surface area contributed by atoms with E-state index in [1.54, 1.807) is 0 Å². The Hall–Kier alpha value is -3.54. The highest BCUT2D eigenvalue weighted by Gasteiger charge is 2.19. The molecule has 0 radical (unpaired) electrons. The number of carbonyl (C=O) groups is 1. The van der Waals surface area contributed by atoms with E-state index in [1.165, 1.54) is 19.3 Å². The van der Waals surface area contributed by atoms with Gasteiger partial charge in [0, 0.05) is 48.3 Å². The fourth-order valence-electron chi connectivity index (χ4n) is 4.61. The molecular weight excluding hydrogens is 410 g/mol. The van der Waals surface area contributed by atoms with Crippen molar-refractivity contribution in [3.8, 4) is 11.3 Å². The van der Waals surface area contributed by atoms with Gasteiger partial charge in [-0.25, -0.2) is 4.98 Å². The van der Waals surface area contributed by atoms with Crippen LogP contribution in [0.4, 0.5) is 0 Å². The van der Waals surface area contributed by atoms with E-state index in [1.807, 2.05) is 61.4 Å². The summed E-state index contributed by atoms with van der Waals surface area (Å²) in [4.78, 5) is 26.7. The monoisotopic (exact) mass is 439 g/mol. The Balaban J connectivity index is 1.41. The van der Waals surface area contributed by atoms with E-state index in [9.17, 15) is 4.79 Å². The largest absolute Gasteiger partial charge is 0.348 e. The number of nitrogens with zero attached hydrogens (tertiary/aromatic N) is 4. The highest BCUT2D eigenvalue weighted by Crippen LogP contribution is 2.24. The summed E-state index contributed by atoms with van der Waals surface area (Å²) in [5.74, 6) is -0.0772. The maximum absolute atomic E-state index is 13.0. The van der Waals surface area contributed by atoms with E-state index in [0.29, 0.717) is 12.1 Å². The third-order valence-corrected chi connectivity index (χ3v) is 6.52. The third-order valence-electron chi connectivity index (χ3n) is 6.52. The second-order valence-corrected chi connectivity index (χ2v) is 9.06. The lowest BCUT2D eigenvalue weighted by molar-refractivity contribution is 0.0923. The van der Waals surface area contributed by atoms with E-state index >= 15 is 0 Å². The Morgan fingerprint density at radius 2 is 1.91 bits per heavy atom. The van der Waals surface area contributed by atoms with Crippen LogP contribution in [0.15, 0.2) is 55.0 Å². The number of amides is 1. The van der Waals surface area contributed by atoms with Crippen molar-refractivity contribution < 1.29 is 4.79 Å². The number of aromatic nitrogens is 4. The lowest BCUT2D eigenvalue weighted by atomic mass is 9.95. The van der Waals surface area contributed by atoms with E-state index in [4.69, 9.17) is 4.98 Å². The van der Waals surface area contributed by atoms with Crippen molar-refractivity contribution in [3.05, 3.63) is 77.5 Å². The summed E-state index contributed by atoms with van der Waals surface area (Å²) in [5, 5.41) is 4.27. The van der Waals surface area contributed by atoms with E-state index in [-0.39, 0.29) is 11.9 Å². The minimum atomic E-state index is -0.0772. The first kappa shape index (κ1) is 21.3. The molecule has 0 bridgehead atoms. The minimum absolute atomic E-state index is 0.0772. The Bertz CT molecular complexity index is 1270. The summed E-state index contributed by atoms with van der Waals surface area (Å²) >= 11 is 0. The number of fused-ring (bicyclic) bond motifs is 1. The predicted octanol–water partition coefficient (Wildman–Crippen LogP) is 4.99. The molecule has 0 atom stereocenters. The molecular formula is C27H29N5O. The van der Waals surface area contributed by atoms with Crippen LogP contribution in [0.3, 0.4) is 0 Å². The summed E-state index contributed by atoms with van der Waals surface area (Å²) in [6.07, 6.45) is 12.2. The Kier molecular flexibility index (Phi) is 5.90. The highest BCUT2D eigenvalue weighted by atomic mass is 16.1. The van der Waals surface area contributed by atoms with Crippen LogP contribution in [0.1, 0.15) is 59.4 Å². The molecule has 168 valence electrons. The molecule has 6 nitrogen and oxygen atoms in total. The quantitative estimate of drug-likeness (QED) is 0.475. The number of carbonyl (C=O) groups excluding carboxylic acids is 1. The van der Waals surface area contributed by atoms with Gasteiger partial charge in [-0.15, -0.1) is 0 Å². The number of pyridine rings is 3. The summed E-state index contributed by atoms with van der Waals surface area (Å²) in [5.41, 5.74) is 6.39. The van der Waals surface area contributed by atoms with Gasteiger partial charge in [0.2, 0.25) is 0 Å². The van der Waals surface area contributed by atoms with Crippen LogP contribution in [0, 0.1) is 6.92 Å². The molecule has 0 saturated heterocycles. The van der Waals surface area contributed by atoms with Crippen LogP contribution in [-0.4, -0.2) is 31.5 Å². The maximum atomic E-state index is 13.0. The van der Waals surface area contributed by atoms with Crippen molar-refractivity contribution in [2.75, 3.05) is 0 Å². The SMILES string of the molecule is Cc1ccc(-c2ccc(Cc3cc(C(=O)NC4CCCCC4)nc4c3ccn4C)cn2)cn1. The molecule has 1 aliphatic carbocycles. The van der Waals surface area contributed by atoms with Crippen molar-refractivity contribution in [1.29, 1.82) is 0 Å². The Morgan fingerprint density at radius 3 is 2.64 bits per heavy atom. The first-order valence-corrected chi connectivity index (χ1v) is 11.7. The van der Waals surface area contributed by atoms with Gasteiger partial charge < -0.3 is 9.88 Å². The molecule has 1 saturated carbocycles. The molecule has 1 N–H and O–H groups in total. The molecule has 0 spiro atoms. The van der Waals surface area contributed by atoms with E-state index in [2.05, 4.69) is 27.4 Å². The van der Waals surface area contributed by atoms with Gasteiger partial charge in [-0.05, 0) is 67.6 Å². The summed E-state index contributed by atoms with van der Waals surface area (Å²) in [6.45, 7) is 1.98. The van der Waals surface area contributed by atoms with Gasteiger partial charge in [0.05, 0.1) is 5.69 Å². The van der Waals surface area contributed by atoms with Crippen molar-refractivity contribution in [3.63, 3.8) is 0 Å². The zero-order valence-electron chi connectivity index (χ0n) is 19.2. The first-order chi connectivity index (χ1) is 16.1. The van der Waals surface area contributed by atoms with Crippen LogP contribution in [0.2, 0.25) is 0 Å². The second kappa shape index (κ2) is 9.14. The summed E-state index contributed by atoms with van der Waals surface area (Å²) in [6, 6.07) is 12.4. The Morgan fingerprint density at radius 1 is 1.06 bits per heavy atom. The van der Waals surface area contributed by atoms with Gasteiger partial charge in [0.1, 0.15) is 11.3 Å². The number of hydrogen-bond acceptors (Lipinski definition) is 4. The fraction of sp³-hybridized carbons (Fsp3) is 0.333. The molecule has 4 aromatic heterocycles. The fourth-order valence-corrected chi connectivity index (χ4v) is 4.61. The second-order valence-electron chi connectivity index (χ2n) is 9.06. The number of nitrogens with one attached hydrogen (secondary N) is 1. The minimum Gasteiger partial charge on any atom is -0.348 e. The Labute approximate surface area is 194 Å². The maximum Gasteiger partial charge on any atom is 0.270 e. The molecule has 4 heterocycles. The smallest absolute Gasteiger partial charge is 0.270 e. The van der Waals surface area contributed by atoms with E-state index in [0.717, 1.165) is 52.0 Å². The molecule has 4 aromatic rings. The molecule has 1 fully saturated rings. The molecule has 0 aliphatic heterocycles. The molecule has 5 rings (SSSR count). The lowest BCUT2D eigenvalue weighted by Crippen LogP contribution is -2.36. The molecule has 0 aromatic carbocycles. The average molecular weight is 440 g/mol. The summed E-state index contributed by atoms with van der Waals surface area (Å²) in [7, 11) is 1.97. The van der Waals surface area contributed by atoms with Crippen LogP contribution in [0.5, 0.6) is 0 Å². The molecule has 6 heteroatoms. The highest BCUT2D eigenvalue weighted by molar-refractivity contribution is 5.95. The van der Waals surface area contributed by atoms with Crippen molar-refractivity contribution in [2.24, 2.45) is 7.05 Å². The zero-order valence-corrected chi connectivity index (χ0v) is 19.2. The van der Waals surface area contributed by atoms with Crippen LogP contribution < -0.4 is 5.32 Å². The summed E-state index contributed by atoms with van der Waals surface area (Å²) < 4.78 is 1.97. The van der Waals surface area contributed by atoms with Gasteiger partial charge in [-0.3, -0.25) is 14.8 Å². The first-order valence-electron chi connectivity index (χ1n) is 11.7. The van der Waals surface area contributed by atoms with Crippen LogP contribution in [-0.2, 0) is 13.5 Å². The topological polar surface area (TPSA) is 72.7 Å². The van der Waals surface area contributed by atoms with Gasteiger partial charge in [0.15, 0.2) is 0 Å². The van der Waals surface area contributed by atoms with Crippen LogP contribution >= 0.6 is 0 Å². The normalized spacial score (nSPS) is 14.5.